The van der Waals surface area contributed by atoms with Crippen LogP contribution in [0.4, 0.5) is 5.95 Å². The van der Waals surface area contributed by atoms with Crippen LogP contribution in [0.5, 0.6) is 5.88 Å². The maximum atomic E-state index is 5.87. The molecule has 17 heavy (non-hydrogen) atoms. The molecule has 0 saturated carbocycles. The molecule has 0 amide bonds. The second-order valence-corrected chi connectivity index (χ2v) is 5.08. The topological polar surface area (TPSA) is 47.0 Å². The van der Waals surface area contributed by atoms with E-state index in [9.17, 15) is 0 Å². The summed E-state index contributed by atoms with van der Waals surface area (Å²) in [5.41, 5.74) is 0.886. The Morgan fingerprint density at radius 2 is 2.06 bits per heavy atom. The number of hydrogen-bond acceptors (Lipinski definition) is 4. The summed E-state index contributed by atoms with van der Waals surface area (Å²) in [7, 11) is 0. The van der Waals surface area contributed by atoms with Gasteiger partial charge in [-0.15, -0.1) is 11.6 Å². The first-order valence-electron chi connectivity index (χ1n) is 5.87. The minimum absolute atomic E-state index is 0.111. The van der Waals surface area contributed by atoms with Crippen molar-refractivity contribution in [2.75, 3.05) is 11.9 Å². The van der Waals surface area contributed by atoms with E-state index >= 15 is 0 Å². The number of hydrogen-bond donors (Lipinski definition) is 1. The quantitative estimate of drug-likeness (QED) is 0.796. The summed E-state index contributed by atoms with van der Waals surface area (Å²) in [6, 6.07) is 1.83. The van der Waals surface area contributed by atoms with E-state index in [0.717, 1.165) is 18.7 Å². The Bertz CT molecular complexity index is 356. The molecule has 1 rings (SSSR count). The van der Waals surface area contributed by atoms with Crippen molar-refractivity contribution in [3.63, 3.8) is 0 Å². The van der Waals surface area contributed by atoms with Gasteiger partial charge in [0, 0.05) is 23.7 Å². The Morgan fingerprint density at radius 3 is 2.65 bits per heavy atom. The van der Waals surface area contributed by atoms with E-state index in [-0.39, 0.29) is 11.5 Å². The van der Waals surface area contributed by atoms with Gasteiger partial charge in [-0.25, -0.2) is 4.98 Å². The molecule has 96 valence electrons. The summed E-state index contributed by atoms with van der Waals surface area (Å²) in [6.45, 7) is 8.59. The average molecular weight is 258 g/mol. The molecule has 5 heteroatoms. The van der Waals surface area contributed by atoms with Gasteiger partial charge in [0.15, 0.2) is 0 Å². The van der Waals surface area contributed by atoms with Crippen LogP contribution < -0.4 is 10.1 Å². The van der Waals surface area contributed by atoms with Crippen molar-refractivity contribution in [1.29, 1.82) is 0 Å². The third-order valence-electron chi connectivity index (χ3n) is 2.01. The molecule has 0 spiro atoms. The lowest BCUT2D eigenvalue weighted by atomic mass is 10.3. The number of nitrogens with zero attached hydrogens (tertiary/aromatic N) is 2. The summed E-state index contributed by atoms with van der Waals surface area (Å²) in [5, 5.41) is 3.30. The molecule has 0 saturated heterocycles. The number of anilines is 1. The van der Waals surface area contributed by atoms with Crippen LogP contribution in [0.1, 0.15) is 32.9 Å². The minimum Gasteiger partial charge on any atom is -0.475 e. The predicted octanol–water partition coefficient (Wildman–Crippen LogP) is 3.00. The lowest BCUT2D eigenvalue weighted by Crippen LogP contribution is -2.12. The van der Waals surface area contributed by atoms with Crippen LogP contribution in [0.25, 0.3) is 0 Å². The molecule has 0 aliphatic carbocycles. The molecule has 1 N–H and O–H groups in total. The van der Waals surface area contributed by atoms with E-state index < -0.39 is 0 Å². The van der Waals surface area contributed by atoms with Gasteiger partial charge in [-0.05, 0) is 34.1 Å². The number of rotatable bonds is 6. The fraction of sp³-hybridized carbons (Fsp3) is 0.667. The molecular weight excluding hydrogens is 238 g/mol. The van der Waals surface area contributed by atoms with Crippen molar-refractivity contribution in [2.24, 2.45) is 0 Å². The highest BCUT2D eigenvalue weighted by molar-refractivity contribution is 6.20. The first-order valence-corrected chi connectivity index (χ1v) is 6.31. The van der Waals surface area contributed by atoms with E-state index in [0.29, 0.717) is 11.8 Å². The number of halogens is 1. The first-order chi connectivity index (χ1) is 7.97. The normalized spacial score (nSPS) is 12.6. The van der Waals surface area contributed by atoms with E-state index in [1.54, 1.807) is 0 Å². The smallest absolute Gasteiger partial charge is 0.226 e. The zero-order valence-corrected chi connectivity index (χ0v) is 11.6. The van der Waals surface area contributed by atoms with E-state index in [2.05, 4.69) is 15.3 Å². The lowest BCUT2D eigenvalue weighted by Gasteiger charge is -2.11. The molecule has 1 aromatic rings. The molecule has 0 fully saturated rings. The van der Waals surface area contributed by atoms with Gasteiger partial charge in [-0.3, -0.25) is 0 Å². The number of ether oxygens (including phenoxy) is 1. The van der Waals surface area contributed by atoms with Gasteiger partial charge in [0.2, 0.25) is 11.8 Å². The number of aromatic nitrogens is 2. The van der Waals surface area contributed by atoms with Crippen molar-refractivity contribution in [3.05, 3.63) is 11.8 Å². The van der Waals surface area contributed by atoms with Crippen molar-refractivity contribution in [2.45, 2.75) is 45.6 Å². The molecular formula is C12H20ClN3O. The molecule has 1 atom stereocenters. The van der Waals surface area contributed by atoms with Crippen LogP contribution in [-0.2, 0) is 0 Å². The van der Waals surface area contributed by atoms with Gasteiger partial charge in [-0.2, -0.15) is 4.98 Å². The van der Waals surface area contributed by atoms with E-state index in [1.807, 2.05) is 33.8 Å². The second-order valence-electron chi connectivity index (χ2n) is 4.33. The first kappa shape index (κ1) is 14.0. The number of nitrogens with one attached hydrogen (secondary N) is 1. The number of alkyl halides is 1. The van der Waals surface area contributed by atoms with Crippen molar-refractivity contribution >= 4 is 17.5 Å². The zero-order chi connectivity index (χ0) is 12.8. The molecule has 1 aromatic heterocycles. The Hall–Kier alpha value is -1.03. The summed E-state index contributed by atoms with van der Waals surface area (Å²) < 4.78 is 5.55. The zero-order valence-electron chi connectivity index (χ0n) is 10.8. The van der Waals surface area contributed by atoms with Crippen LogP contribution in [0.15, 0.2) is 6.07 Å². The van der Waals surface area contributed by atoms with Crippen LogP contribution in [0, 0.1) is 6.92 Å². The van der Waals surface area contributed by atoms with E-state index in [1.165, 1.54) is 0 Å². The molecule has 1 unspecified atom stereocenters. The average Bonchev–Trinajstić information content (AvgIpc) is 2.14. The fourth-order valence-electron chi connectivity index (χ4n) is 1.30. The van der Waals surface area contributed by atoms with Gasteiger partial charge >= 0.3 is 0 Å². The van der Waals surface area contributed by atoms with E-state index in [4.69, 9.17) is 16.3 Å². The molecule has 0 aliphatic heterocycles. The SMILES string of the molecule is Cc1cc(OC(C)C)nc(NCCC(C)Cl)n1. The van der Waals surface area contributed by atoms with Crippen molar-refractivity contribution in [3.8, 4) is 5.88 Å². The summed E-state index contributed by atoms with van der Waals surface area (Å²) in [5.74, 6) is 1.20. The third kappa shape index (κ3) is 5.73. The standard InChI is InChI=1S/C12H20ClN3O/c1-8(2)17-11-7-10(4)15-12(16-11)14-6-5-9(3)13/h7-9H,5-6H2,1-4H3,(H,14,15,16). The van der Waals surface area contributed by atoms with Crippen LogP contribution >= 0.6 is 11.6 Å². The largest absolute Gasteiger partial charge is 0.475 e. The summed E-state index contributed by atoms with van der Waals surface area (Å²) in [4.78, 5) is 8.58. The van der Waals surface area contributed by atoms with Gasteiger partial charge in [0.1, 0.15) is 0 Å². The molecule has 1 heterocycles. The maximum Gasteiger partial charge on any atom is 0.226 e. The lowest BCUT2D eigenvalue weighted by molar-refractivity contribution is 0.232. The van der Waals surface area contributed by atoms with Crippen molar-refractivity contribution < 1.29 is 4.74 Å². The molecule has 0 aliphatic rings. The summed E-state index contributed by atoms with van der Waals surface area (Å²) in [6.07, 6.45) is 0.985. The third-order valence-corrected chi connectivity index (χ3v) is 2.23. The van der Waals surface area contributed by atoms with Gasteiger partial charge in [0.25, 0.3) is 0 Å². The molecule has 0 radical (unpaired) electrons. The van der Waals surface area contributed by atoms with Crippen LogP contribution in [-0.4, -0.2) is 28.0 Å². The minimum atomic E-state index is 0.111. The fourth-order valence-corrected chi connectivity index (χ4v) is 1.41. The monoisotopic (exact) mass is 257 g/mol. The van der Waals surface area contributed by atoms with Gasteiger partial charge < -0.3 is 10.1 Å². The Balaban J connectivity index is 2.62. The second kappa shape index (κ2) is 6.64. The highest BCUT2D eigenvalue weighted by Crippen LogP contribution is 2.13. The van der Waals surface area contributed by atoms with Crippen molar-refractivity contribution in [1.82, 2.24) is 9.97 Å². The molecule has 0 bridgehead atoms. The van der Waals surface area contributed by atoms with Crippen LogP contribution in [0.2, 0.25) is 0 Å². The Kier molecular flexibility index (Phi) is 5.48. The molecule has 4 nitrogen and oxygen atoms in total. The molecule has 0 aromatic carbocycles. The van der Waals surface area contributed by atoms with Crippen LogP contribution in [0.3, 0.4) is 0 Å². The number of aryl methyl sites for hydroxylation is 1. The van der Waals surface area contributed by atoms with Gasteiger partial charge in [-0.1, -0.05) is 0 Å². The Morgan fingerprint density at radius 1 is 1.35 bits per heavy atom. The highest BCUT2D eigenvalue weighted by Gasteiger charge is 2.05. The highest BCUT2D eigenvalue weighted by atomic mass is 35.5. The van der Waals surface area contributed by atoms with Gasteiger partial charge in [0.05, 0.1) is 6.10 Å². The summed E-state index contributed by atoms with van der Waals surface area (Å²) >= 11 is 5.87. The maximum absolute atomic E-state index is 5.87. The Labute approximate surface area is 108 Å². The predicted molar refractivity (Wildman–Crippen MR) is 71.0 cm³/mol.